The second-order valence-corrected chi connectivity index (χ2v) is 18.5. The zero-order valence-electron chi connectivity index (χ0n) is 33.0. The first-order valence-electron chi connectivity index (χ1n) is 20.4. The zero-order valence-corrected chi connectivity index (χ0v) is 34.5. The minimum Gasteiger partial charge on any atom is -0.491 e. The van der Waals surface area contributed by atoms with Crippen molar-refractivity contribution in [3.8, 4) is 5.75 Å². The van der Waals surface area contributed by atoms with E-state index in [1.807, 2.05) is 32.2 Å². The summed E-state index contributed by atoms with van der Waals surface area (Å²) in [5.41, 5.74) is 3.37. The van der Waals surface area contributed by atoms with Crippen molar-refractivity contribution in [2.24, 2.45) is 17.8 Å². The highest BCUT2D eigenvalue weighted by Gasteiger charge is 2.49. The fourth-order valence-electron chi connectivity index (χ4n) is 9.48. The minimum atomic E-state index is -1.57. The van der Waals surface area contributed by atoms with Crippen LogP contribution in [0.3, 0.4) is 0 Å². The van der Waals surface area contributed by atoms with Crippen LogP contribution in [-0.2, 0) is 31.7 Å². The SMILES string of the molecule is CCCc1cc(Cl)ccc1C1COc2ccc3cc2N(C1)CC1CCC1C(CN1CCN(C2CCOC(=O)C2)CC1)(OC)/C=C/CC(C)C(C)S(=O)NC3=O. The molecule has 300 valence electrons. The van der Waals surface area contributed by atoms with E-state index in [-0.39, 0.29) is 40.9 Å². The molecule has 2 aromatic rings. The fraction of sp³-hybridized carbons (Fsp3) is 0.628. The van der Waals surface area contributed by atoms with Crippen LogP contribution in [0.25, 0.3) is 0 Å². The molecule has 1 saturated carbocycles. The summed E-state index contributed by atoms with van der Waals surface area (Å²) in [6.45, 7) is 13.2. The van der Waals surface area contributed by atoms with Crippen LogP contribution in [0.2, 0.25) is 5.02 Å². The number of rotatable bonds is 7. The zero-order chi connectivity index (χ0) is 38.7. The normalized spacial score (nSPS) is 33.0. The summed E-state index contributed by atoms with van der Waals surface area (Å²) in [4.78, 5) is 33.1. The number of methoxy groups -OCH3 is 1. The lowest BCUT2D eigenvalue weighted by molar-refractivity contribution is -0.150. The lowest BCUT2D eigenvalue weighted by atomic mass is 9.63. The molecule has 1 N–H and O–H groups in total. The number of esters is 1. The molecule has 4 heterocycles. The molecule has 55 heavy (non-hydrogen) atoms. The molecule has 7 rings (SSSR count). The van der Waals surface area contributed by atoms with Gasteiger partial charge in [-0.3, -0.25) is 24.1 Å². The third-order valence-corrected chi connectivity index (χ3v) is 14.9. The maximum absolute atomic E-state index is 13.6. The van der Waals surface area contributed by atoms with Crippen LogP contribution in [0.5, 0.6) is 5.75 Å². The number of hydrogen-bond acceptors (Lipinski definition) is 9. The van der Waals surface area contributed by atoms with Crippen LogP contribution in [0.15, 0.2) is 48.6 Å². The van der Waals surface area contributed by atoms with Gasteiger partial charge in [0.25, 0.3) is 5.91 Å². The lowest BCUT2D eigenvalue weighted by Gasteiger charge is -2.52. The highest BCUT2D eigenvalue weighted by molar-refractivity contribution is 7.84. The maximum Gasteiger partial charge on any atom is 0.307 e. The van der Waals surface area contributed by atoms with Crippen molar-refractivity contribution < 1.29 is 28.0 Å². The van der Waals surface area contributed by atoms with Crippen molar-refractivity contribution in [2.45, 2.75) is 88.5 Å². The maximum atomic E-state index is 13.6. The van der Waals surface area contributed by atoms with Crippen LogP contribution < -0.4 is 14.4 Å². The van der Waals surface area contributed by atoms with E-state index >= 15 is 0 Å². The van der Waals surface area contributed by atoms with Crippen molar-refractivity contribution in [3.63, 3.8) is 0 Å². The second-order valence-electron chi connectivity index (χ2n) is 16.5. The average Bonchev–Trinajstić information content (AvgIpc) is 3.35. The summed E-state index contributed by atoms with van der Waals surface area (Å²) < 4.78 is 34.9. The van der Waals surface area contributed by atoms with Crippen LogP contribution in [0.1, 0.15) is 86.7 Å². The van der Waals surface area contributed by atoms with E-state index in [1.165, 1.54) is 11.1 Å². The van der Waals surface area contributed by atoms with Gasteiger partial charge in [-0.25, -0.2) is 4.21 Å². The summed E-state index contributed by atoms with van der Waals surface area (Å²) in [6.07, 6.45) is 10.7. The average molecular weight is 795 g/mol. The van der Waals surface area contributed by atoms with E-state index in [0.29, 0.717) is 31.1 Å². The first-order chi connectivity index (χ1) is 26.6. The van der Waals surface area contributed by atoms with Gasteiger partial charge in [0.1, 0.15) is 22.3 Å². The summed E-state index contributed by atoms with van der Waals surface area (Å²) in [5, 5.41) is 0.492. The first-order valence-corrected chi connectivity index (χ1v) is 22.0. The van der Waals surface area contributed by atoms with Crippen LogP contribution in [-0.4, -0.2) is 109 Å². The van der Waals surface area contributed by atoms with Gasteiger partial charge in [-0.05, 0) is 98.2 Å². The molecule has 0 radical (unpaired) electrons. The quantitative estimate of drug-likeness (QED) is 0.253. The van der Waals surface area contributed by atoms with Gasteiger partial charge < -0.3 is 19.1 Å². The number of allylic oxidation sites excluding steroid dienone is 1. The number of halogens is 1. The molecule has 2 bridgehead atoms. The molecule has 4 aliphatic heterocycles. The summed E-state index contributed by atoms with van der Waals surface area (Å²) in [5.74, 6) is 1.12. The highest BCUT2D eigenvalue weighted by Crippen LogP contribution is 2.47. The van der Waals surface area contributed by atoms with E-state index < -0.39 is 16.6 Å². The Morgan fingerprint density at radius 3 is 2.56 bits per heavy atom. The topological polar surface area (TPSA) is 101 Å². The van der Waals surface area contributed by atoms with Crippen LogP contribution >= 0.6 is 11.6 Å². The molecule has 10 nitrogen and oxygen atoms in total. The van der Waals surface area contributed by atoms with Gasteiger partial charge in [0.15, 0.2) is 0 Å². The van der Waals surface area contributed by atoms with Gasteiger partial charge in [0.05, 0.1) is 30.6 Å². The predicted octanol–water partition coefficient (Wildman–Crippen LogP) is 6.39. The Balaban J connectivity index is 1.20. The molecule has 0 aromatic heterocycles. The van der Waals surface area contributed by atoms with Crippen molar-refractivity contribution in [1.29, 1.82) is 0 Å². The number of hydrogen-bond donors (Lipinski definition) is 1. The molecule has 8 unspecified atom stereocenters. The molecule has 8 atom stereocenters. The Morgan fingerprint density at radius 2 is 1.84 bits per heavy atom. The van der Waals surface area contributed by atoms with Crippen molar-refractivity contribution in [3.05, 3.63) is 70.3 Å². The molecular weight excluding hydrogens is 736 g/mol. The summed E-state index contributed by atoms with van der Waals surface area (Å²) >= 11 is 6.51. The summed E-state index contributed by atoms with van der Waals surface area (Å²) in [7, 11) is 0.298. The number of fused-ring (bicyclic) bond motifs is 2. The van der Waals surface area contributed by atoms with Crippen molar-refractivity contribution in [2.75, 3.05) is 71.0 Å². The van der Waals surface area contributed by atoms with E-state index in [9.17, 15) is 13.8 Å². The second kappa shape index (κ2) is 17.7. The van der Waals surface area contributed by atoms with E-state index in [1.54, 1.807) is 6.07 Å². The van der Waals surface area contributed by atoms with Gasteiger partial charge in [-0.1, -0.05) is 50.1 Å². The predicted molar refractivity (Wildman–Crippen MR) is 218 cm³/mol. The minimum absolute atomic E-state index is 0.0705. The number of amides is 1. The van der Waals surface area contributed by atoms with Gasteiger partial charge in [0, 0.05) is 75.5 Å². The first kappa shape index (κ1) is 40.2. The standard InChI is InChI=1S/C43H59ClN4O6S/c1-5-7-31-22-35(44)11-12-37(31)34-26-48-25-33-9-13-38(33)43(52-4,28-46-17-19-47(20-18-46)36-15-21-53-41(49)24-36)16-6-8-29(2)30(3)55(51)45-42(50)32-10-14-40(54-27-34)39(48)23-32/h6,10-12,14,16,22-23,29-30,33-34,36,38H,5,7-9,13,15,17-21,24-28H2,1-4H3,(H,45,50)/b16-6+. The number of aryl methyl sites for hydroxylation is 1. The number of cyclic esters (lactones) is 1. The van der Waals surface area contributed by atoms with Gasteiger partial charge >= 0.3 is 5.97 Å². The third-order valence-electron chi connectivity index (χ3n) is 13.1. The Kier molecular flexibility index (Phi) is 12.9. The third kappa shape index (κ3) is 8.96. The van der Waals surface area contributed by atoms with Crippen molar-refractivity contribution >= 4 is 40.2 Å². The monoisotopic (exact) mass is 794 g/mol. The molecule has 5 aliphatic rings. The molecule has 2 aromatic carbocycles. The molecule has 12 heteroatoms. The molecule has 0 spiro atoms. The van der Waals surface area contributed by atoms with Crippen LogP contribution in [0.4, 0.5) is 5.69 Å². The Labute approximate surface area is 334 Å². The number of carbonyl (C=O) groups excluding carboxylic acids is 2. The smallest absolute Gasteiger partial charge is 0.307 e. The molecule has 1 amide bonds. The number of nitrogens with one attached hydrogen (secondary N) is 1. The van der Waals surface area contributed by atoms with E-state index in [0.717, 1.165) is 101 Å². The number of anilines is 1. The molecular formula is C43H59ClN4O6S. The van der Waals surface area contributed by atoms with Gasteiger partial charge in [-0.15, -0.1) is 0 Å². The fourth-order valence-corrected chi connectivity index (χ4v) is 10.7. The van der Waals surface area contributed by atoms with Gasteiger partial charge in [-0.2, -0.15) is 0 Å². The molecule has 1 aliphatic carbocycles. The number of nitrogens with zero attached hydrogens (tertiary/aromatic N) is 3. The Morgan fingerprint density at radius 1 is 1.02 bits per heavy atom. The Hall–Kier alpha value is -2.96. The number of benzene rings is 2. The molecule has 3 fully saturated rings. The van der Waals surface area contributed by atoms with Crippen LogP contribution in [0, 0.1) is 17.8 Å². The van der Waals surface area contributed by atoms with E-state index in [2.05, 4.69) is 57.6 Å². The Bertz CT molecular complexity index is 1750. The number of ether oxygens (including phenoxy) is 3. The number of piperazine rings is 1. The van der Waals surface area contributed by atoms with Crippen molar-refractivity contribution in [1.82, 2.24) is 14.5 Å². The largest absolute Gasteiger partial charge is 0.491 e. The van der Waals surface area contributed by atoms with E-state index in [4.69, 9.17) is 25.8 Å². The van der Waals surface area contributed by atoms with Gasteiger partial charge in [0.2, 0.25) is 0 Å². The number of carbonyl (C=O) groups is 2. The summed E-state index contributed by atoms with van der Waals surface area (Å²) in [6, 6.07) is 12.1. The lowest BCUT2D eigenvalue weighted by Crippen LogP contribution is -2.59. The molecule has 2 saturated heterocycles. The highest BCUT2D eigenvalue weighted by atomic mass is 35.5.